The Morgan fingerprint density at radius 2 is 2.00 bits per heavy atom. The summed E-state index contributed by atoms with van der Waals surface area (Å²) in [5.41, 5.74) is 1.84. The predicted octanol–water partition coefficient (Wildman–Crippen LogP) is 5.20. The fourth-order valence-electron chi connectivity index (χ4n) is 2.95. The molecular formula is C18H25F2N. The number of halogens is 2. The first-order chi connectivity index (χ1) is 10.1. The van der Waals surface area contributed by atoms with Crippen LogP contribution in [-0.4, -0.2) is 6.54 Å². The van der Waals surface area contributed by atoms with Gasteiger partial charge in [0.25, 0.3) is 0 Å². The fraction of sp³-hybridized carbons (Fsp3) is 0.556. The van der Waals surface area contributed by atoms with Crippen LogP contribution < -0.4 is 5.32 Å². The van der Waals surface area contributed by atoms with Gasteiger partial charge in [-0.15, -0.1) is 0 Å². The molecular weight excluding hydrogens is 268 g/mol. The molecule has 1 nitrogen and oxygen atoms in total. The summed E-state index contributed by atoms with van der Waals surface area (Å²) in [5, 5.41) is 3.34. The fourth-order valence-corrected chi connectivity index (χ4v) is 2.95. The zero-order valence-electron chi connectivity index (χ0n) is 13.0. The lowest BCUT2D eigenvalue weighted by molar-refractivity contribution is 0.487. The molecule has 1 aromatic carbocycles. The van der Waals surface area contributed by atoms with Crippen LogP contribution in [0.4, 0.5) is 8.78 Å². The third-order valence-corrected chi connectivity index (χ3v) is 4.15. The SMILES string of the molecule is CCCNC(C1=CCCCCC1)c1c(F)ccc(C)c1F. The summed E-state index contributed by atoms with van der Waals surface area (Å²) in [6, 6.07) is 2.56. The minimum atomic E-state index is -0.447. The molecule has 0 radical (unpaired) electrons. The summed E-state index contributed by atoms with van der Waals surface area (Å²) in [6.45, 7) is 4.51. The molecule has 0 spiro atoms. The van der Waals surface area contributed by atoms with Gasteiger partial charge in [-0.05, 0) is 57.2 Å². The Kier molecular flexibility index (Phi) is 5.92. The summed E-state index contributed by atoms with van der Waals surface area (Å²) in [4.78, 5) is 0. The Labute approximate surface area is 126 Å². The van der Waals surface area contributed by atoms with E-state index in [2.05, 4.69) is 18.3 Å². The van der Waals surface area contributed by atoms with Crippen LogP contribution in [0.1, 0.15) is 62.6 Å². The van der Waals surface area contributed by atoms with Crippen molar-refractivity contribution >= 4 is 0 Å². The highest BCUT2D eigenvalue weighted by atomic mass is 19.1. The second-order valence-corrected chi connectivity index (χ2v) is 5.86. The van der Waals surface area contributed by atoms with Gasteiger partial charge >= 0.3 is 0 Å². The Morgan fingerprint density at radius 3 is 2.76 bits per heavy atom. The second-order valence-electron chi connectivity index (χ2n) is 5.86. The third-order valence-electron chi connectivity index (χ3n) is 4.15. The van der Waals surface area contributed by atoms with E-state index in [1.807, 2.05) is 0 Å². The summed E-state index contributed by atoms with van der Waals surface area (Å²) in [5.74, 6) is -0.856. The first-order valence-electron chi connectivity index (χ1n) is 8.02. The minimum absolute atomic E-state index is 0.191. The van der Waals surface area contributed by atoms with Crippen LogP contribution in [0.5, 0.6) is 0 Å². The maximum absolute atomic E-state index is 14.5. The number of hydrogen-bond acceptors (Lipinski definition) is 1. The van der Waals surface area contributed by atoms with Crippen molar-refractivity contribution in [3.63, 3.8) is 0 Å². The Bertz CT molecular complexity index is 508. The number of rotatable bonds is 5. The molecule has 1 unspecified atom stereocenters. The molecule has 0 saturated carbocycles. The van der Waals surface area contributed by atoms with Crippen molar-refractivity contribution in [3.8, 4) is 0 Å². The van der Waals surface area contributed by atoms with Crippen molar-refractivity contribution in [2.45, 2.75) is 58.4 Å². The van der Waals surface area contributed by atoms with Crippen LogP contribution in [0.15, 0.2) is 23.8 Å². The van der Waals surface area contributed by atoms with Crippen LogP contribution in [-0.2, 0) is 0 Å². The molecule has 1 aromatic rings. The number of allylic oxidation sites excluding steroid dienone is 1. The van der Waals surface area contributed by atoms with E-state index >= 15 is 0 Å². The summed E-state index contributed by atoms with van der Waals surface area (Å²) in [6.07, 6.45) is 8.52. The zero-order valence-corrected chi connectivity index (χ0v) is 13.0. The monoisotopic (exact) mass is 293 g/mol. The first kappa shape index (κ1) is 16.2. The quantitative estimate of drug-likeness (QED) is 0.735. The average Bonchev–Trinajstić information content (AvgIpc) is 2.75. The van der Waals surface area contributed by atoms with Crippen molar-refractivity contribution < 1.29 is 8.78 Å². The van der Waals surface area contributed by atoms with Gasteiger partial charge < -0.3 is 5.32 Å². The lowest BCUT2D eigenvalue weighted by atomic mass is 9.93. The van der Waals surface area contributed by atoms with E-state index in [1.165, 1.54) is 25.0 Å². The van der Waals surface area contributed by atoms with Crippen molar-refractivity contribution in [1.29, 1.82) is 0 Å². The Morgan fingerprint density at radius 1 is 1.19 bits per heavy atom. The maximum Gasteiger partial charge on any atom is 0.134 e. The van der Waals surface area contributed by atoms with Gasteiger partial charge in [-0.2, -0.15) is 0 Å². The van der Waals surface area contributed by atoms with Gasteiger partial charge in [-0.25, -0.2) is 8.78 Å². The molecule has 1 aliphatic carbocycles. The van der Waals surface area contributed by atoms with Crippen LogP contribution in [0.2, 0.25) is 0 Å². The van der Waals surface area contributed by atoms with Crippen LogP contribution >= 0.6 is 0 Å². The Hall–Kier alpha value is -1.22. The minimum Gasteiger partial charge on any atom is -0.306 e. The second kappa shape index (κ2) is 7.69. The van der Waals surface area contributed by atoms with Crippen molar-refractivity contribution in [1.82, 2.24) is 5.32 Å². The summed E-state index contributed by atoms with van der Waals surface area (Å²) < 4.78 is 28.7. The van der Waals surface area contributed by atoms with E-state index in [0.29, 0.717) is 5.56 Å². The predicted molar refractivity (Wildman–Crippen MR) is 83.3 cm³/mol. The lowest BCUT2D eigenvalue weighted by Crippen LogP contribution is -2.26. The highest BCUT2D eigenvalue weighted by Crippen LogP contribution is 2.33. The normalized spacial score (nSPS) is 17.2. The van der Waals surface area contributed by atoms with Crippen molar-refractivity contribution in [3.05, 3.63) is 46.5 Å². The smallest absolute Gasteiger partial charge is 0.134 e. The van der Waals surface area contributed by atoms with E-state index in [9.17, 15) is 8.78 Å². The molecule has 0 heterocycles. The van der Waals surface area contributed by atoms with Crippen molar-refractivity contribution in [2.75, 3.05) is 6.54 Å². The van der Waals surface area contributed by atoms with E-state index < -0.39 is 11.6 Å². The molecule has 3 heteroatoms. The molecule has 1 atom stereocenters. The molecule has 1 aliphatic rings. The first-order valence-corrected chi connectivity index (χ1v) is 8.02. The largest absolute Gasteiger partial charge is 0.306 e. The summed E-state index contributed by atoms with van der Waals surface area (Å²) in [7, 11) is 0. The molecule has 0 fully saturated rings. The van der Waals surface area contributed by atoms with E-state index in [1.54, 1.807) is 6.92 Å². The molecule has 0 aliphatic heterocycles. The highest BCUT2D eigenvalue weighted by Gasteiger charge is 2.24. The summed E-state index contributed by atoms with van der Waals surface area (Å²) >= 11 is 0. The van der Waals surface area contributed by atoms with Crippen LogP contribution in [0.3, 0.4) is 0 Å². The number of hydrogen-bond donors (Lipinski definition) is 1. The van der Waals surface area contributed by atoms with Gasteiger partial charge in [0.1, 0.15) is 11.6 Å². The van der Waals surface area contributed by atoms with Gasteiger partial charge in [-0.3, -0.25) is 0 Å². The third kappa shape index (κ3) is 3.91. The van der Waals surface area contributed by atoms with E-state index in [-0.39, 0.29) is 11.6 Å². The van der Waals surface area contributed by atoms with Gasteiger partial charge in [0.2, 0.25) is 0 Å². The van der Waals surface area contributed by atoms with Gasteiger partial charge in [0.05, 0.1) is 6.04 Å². The topological polar surface area (TPSA) is 12.0 Å². The molecule has 116 valence electrons. The molecule has 0 amide bonds. The molecule has 0 saturated heterocycles. The van der Waals surface area contributed by atoms with Gasteiger partial charge in [-0.1, -0.05) is 31.1 Å². The van der Waals surface area contributed by atoms with Gasteiger partial charge in [0, 0.05) is 5.56 Å². The number of aryl methyl sites for hydroxylation is 1. The number of benzene rings is 1. The van der Waals surface area contributed by atoms with Crippen molar-refractivity contribution in [2.24, 2.45) is 0 Å². The standard InChI is InChI=1S/C18H25F2N/c1-3-12-21-18(14-8-6-4-5-7-9-14)16-15(19)11-10-13(2)17(16)20/h8,10-11,18,21H,3-7,9,12H2,1-2H3. The Balaban J connectivity index is 2.40. The lowest BCUT2D eigenvalue weighted by Gasteiger charge is -2.24. The molecule has 2 rings (SSSR count). The van der Waals surface area contributed by atoms with E-state index in [4.69, 9.17) is 0 Å². The molecule has 0 aromatic heterocycles. The highest BCUT2D eigenvalue weighted by molar-refractivity contribution is 5.35. The zero-order chi connectivity index (χ0) is 15.2. The van der Waals surface area contributed by atoms with E-state index in [0.717, 1.165) is 37.8 Å². The van der Waals surface area contributed by atoms with Crippen LogP contribution in [0, 0.1) is 18.6 Å². The van der Waals surface area contributed by atoms with Gasteiger partial charge in [0.15, 0.2) is 0 Å². The average molecular weight is 293 g/mol. The number of nitrogens with one attached hydrogen (secondary N) is 1. The molecule has 1 N–H and O–H groups in total. The molecule has 21 heavy (non-hydrogen) atoms. The van der Waals surface area contributed by atoms with Crippen LogP contribution in [0.25, 0.3) is 0 Å². The maximum atomic E-state index is 14.5. The molecule has 0 bridgehead atoms.